The van der Waals surface area contributed by atoms with Gasteiger partial charge in [-0.3, -0.25) is 4.79 Å². The number of anilines is 1. The summed E-state index contributed by atoms with van der Waals surface area (Å²) in [5, 5.41) is 19.7. The molecule has 1 aromatic heterocycles. The normalized spacial score (nSPS) is 15.1. The van der Waals surface area contributed by atoms with E-state index in [2.05, 4.69) is 15.5 Å². The number of nitrogens with zero attached hydrogens (tertiary/aromatic N) is 3. The topological polar surface area (TPSA) is 91.8 Å². The van der Waals surface area contributed by atoms with Gasteiger partial charge in [-0.05, 0) is 31.9 Å². The van der Waals surface area contributed by atoms with Gasteiger partial charge in [0.15, 0.2) is 0 Å². The highest BCUT2D eigenvalue weighted by Gasteiger charge is 2.30. The summed E-state index contributed by atoms with van der Waals surface area (Å²) < 4.78 is 5.53. The molecule has 1 aromatic carbocycles. The summed E-state index contributed by atoms with van der Waals surface area (Å²) in [6.07, 6.45) is 2.18. The molecule has 7 heteroatoms. The summed E-state index contributed by atoms with van der Waals surface area (Å²) in [6, 6.07) is 8.94. The summed E-state index contributed by atoms with van der Waals surface area (Å²) >= 11 is 1.22. The molecule has 0 unspecified atom stereocenters. The Morgan fingerprint density at radius 1 is 1.45 bits per heavy atom. The zero-order valence-electron chi connectivity index (χ0n) is 11.9. The first kappa shape index (κ1) is 14.6. The summed E-state index contributed by atoms with van der Waals surface area (Å²) in [7, 11) is 0. The molecule has 3 rings (SSSR count). The number of para-hydroxylation sites is 1. The van der Waals surface area contributed by atoms with Crippen LogP contribution in [-0.4, -0.2) is 21.4 Å². The molecule has 1 aliphatic carbocycles. The Balaban J connectivity index is 1.62. The van der Waals surface area contributed by atoms with Crippen LogP contribution in [0.25, 0.3) is 0 Å². The number of benzene rings is 1. The van der Waals surface area contributed by atoms with E-state index in [0.29, 0.717) is 28.3 Å². The van der Waals surface area contributed by atoms with Crippen molar-refractivity contribution in [1.82, 2.24) is 10.2 Å². The van der Waals surface area contributed by atoms with Crippen molar-refractivity contribution in [2.75, 3.05) is 5.32 Å². The minimum atomic E-state index is -0.403. The van der Waals surface area contributed by atoms with Crippen molar-refractivity contribution in [3.63, 3.8) is 0 Å². The Bertz CT molecular complexity index is 733. The summed E-state index contributed by atoms with van der Waals surface area (Å²) in [4.78, 5) is 12.2. The number of thioether (sulfide) groups is 1. The van der Waals surface area contributed by atoms with Crippen LogP contribution in [-0.2, 0) is 4.79 Å². The molecule has 6 nitrogen and oxygen atoms in total. The summed E-state index contributed by atoms with van der Waals surface area (Å²) in [6.45, 7) is 1.76. The fourth-order valence-electron chi connectivity index (χ4n) is 1.89. The SMILES string of the molecule is C[C@H](Sc1nnc(C2CC2)o1)C(=O)Nc1ccccc1C#N. The third-order valence-electron chi connectivity index (χ3n) is 3.30. The van der Waals surface area contributed by atoms with Crippen molar-refractivity contribution in [2.24, 2.45) is 0 Å². The predicted octanol–water partition coefficient (Wildman–Crippen LogP) is 2.94. The number of amides is 1. The zero-order valence-corrected chi connectivity index (χ0v) is 12.8. The molecule has 112 valence electrons. The van der Waals surface area contributed by atoms with Gasteiger partial charge in [0.1, 0.15) is 6.07 Å². The number of aromatic nitrogens is 2. The van der Waals surface area contributed by atoms with Crippen LogP contribution in [0.3, 0.4) is 0 Å². The smallest absolute Gasteiger partial charge is 0.277 e. The molecule has 1 saturated carbocycles. The molecule has 2 aromatic rings. The Morgan fingerprint density at radius 2 is 2.23 bits per heavy atom. The predicted molar refractivity (Wildman–Crippen MR) is 81.4 cm³/mol. The highest BCUT2D eigenvalue weighted by atomic mass is 32.2. The molecule has 1 heterocycles. The third-order valence-corrected chi connectivity index (χ3v) is 4.24. The highest BCUT2D eigenvalue weighted by Crippen LogP contribution is 2.40. The van der Waals surface area contributed by atoms with E-state index in [0.717, 1.165) is 12.8 Å². The van der Waals surface area contributed by atoms with Crippen molar-refractivity contribution in [3.8, 4) is 6.07 Å². The van der Waals surface area contributed by atoms with Crippen LogP contribution in [0, 0.1) is 11.3 Å². The fourth-order valence-corrected chi connectivity index (χ4v) is 2.58. The van der Waals surface area contributed by atoms with Gasteiger partial charge in [0.05, 0.1) is 16.5 Å². The van der Waals surface area contributed by atoms with Crippen LogP contribution < -0.4 is 5.32 Å². The summed E-state index contributed by atoms with van der Waals surface area (Å²) in [5.41, 5.74) is 0.938. The van der Waals surface area contributed by atoms with Crippen LogP contribution in [0.4, 0.5) is 5.69 Å². The molecule has 1 aliphatic rings. The molecule has 0 saturated heterocycles. The molecular formula is C15H14N4O2S. The second-order valence-electron chi connectivity index (χ2n) is 5.09. The van der Waals surface area contributed by atoms with E-state index in [1.54, 1.807) is 31.2 Å². The lowest BCUT2D eigenvalue weighted by Gasteiger charge is -2.10. The Morgan fingerprint density at radius 3 is 2.95 bits per heavy atom. The van der Waals surface area contributed by atoms with Gasteiger partial charge >= 0.3 is 0 Å². The van der Waals surface area contributed by atoms with E-state index < -0.39 is 5.25 Å². The first-order valence-electron chi connectivity index (χ1n) is 6.97. The van der Waals surface area contributed by atoms with E-state index >= 15 is 0 Å². The maximum atomic E-state index is 12.2. The molecule has 0 radical (unpaired) electrons. The van der Waals surface area contributed by atoms with Crippen LogP contribution in [0.15, 0.2) is 33.9 Å². The number of nitrogens with one attached hydrogen (secondary N) is 1. The number of hydrogen-bond donors (Lipinski definition) is 1. The lowest BCUT2D eigenvalue weighted by atomic mass is 10.2. The van der Waals surface area contributed by atoms with E-state index in [-0.39, 0.29) is 5.91 Å². The number of carbonyl (C=O) groups excluding carboxylic acids is 1. The maximum absolute atomic E-state index is 12.2. The molecule has 0 spiro atoms. The van der Waals surface area contributed by atoms with E-state index in [1.807, 2.05) is 6.07 Å². The maximum Gasteiger partial charge on any atom is 0.277 e. The lowest BCUT2D eigenvalue weighted by molar-refractivity contribution is -0.115. The van der Waals surface area contributed by atoms with Crippen molar-refractivity contribution >= 4 is 23.4 Å². The number of nitriles is 1. The minimum absolute atomic E-state index is 0.209. The Hall–Kier alpha value is -2.33. The minimum Gasteiger partial charge on any atom is -0.416 e. The molecule has 1 fully saturated rings. The molecule has 0 aliphatic heterocycles. The molecular weight excluding hydrogens is 300 g/mol. The average Bonchev–Trinajstić information content (AvgIpc) is 3.28. The van der Waals surface area contributed by atoms with Gasteiger partial charge in [0.2, 0.25) is 11.8 Å². The van der Waals surface area contributed by atoms with E-state index in [9.17, 15) is 4.79 Å². The standard InChI is InChI=1S/C15H14N4O2S/c1-9(22-15-19-18-14(21-15)10-6-7-10)13(20)17-12-5-3-2-4-11(12)8-16/h2-5,9-10H,6-7H2,1H3,(H,17,20)/t9-/m0/s1. The number of hydrogen-bond acceptors (Lipinski definition) is 6. The van der Waals surface area contributed by atoms with Gasteiger partial charge in [0.25, 0.3) is 5.22 Å². The molecule has 1 amide bonds. The van der Waals surface area contributed by atoms with E-state index in [4.69, 9.17) is 9.68 Å². The van der Waals surface area contributed by atoms with Crippen LogP contribution in [0.1, 0.15) is 37.1 Å². The third kappa shape index (κ3) is 3.28. The van der Waals surface area contributed by atoms with Gasteiger partial charge in [-0.2, -0.15) is 5.26 Å². The molecule has 1 N–H and O–H groups in total. The Kier molecular flexibility index (Phi) is 4.11. The summed E-state index contributed by atoms with van der Waals surface area (Å²) in [5.74, 6) is 0.845. The van der Waals surface area contributed by atoms with Gasteiger partial charge in [0, 0.05) is 5.92 Å². The van der Waals surface area contributed by atoms with Crippen LogP contribution >= 0.6 is 11.8 Å². The second-order valence-corrected chi connectivity index (χ2v) is 6.38. The van der Waals surface area contributed by atoms with Gasteiger partial charge in [-0.1, -0.05) is 23.9 Å². The van der Waals surface area contributed by atoms with E-state index in [1.165, 1.54) is 11.8 Å². The van der Waals surface area contributed by atoms with Gasteiger partial charge in [-0.15, -0.1) is 10.2 Å². The van der Waals surface area contributed by atoms with Gasteiger partial charge < -0.3 is 9.73 Å². The zero-order chi connectivity index (χ0) is 15.5. The fraction of sp³-hybridized carbons (Fsp3) is 0.333. The van der Waals surface area contributed by atoms with Crippen LogP contribution in [0.2, 0.25) is 0 Å². The monoisotopic (exact) mass is 314 g/mol. The quantitative estimate of drug-likeness (QED) is 0.853. The number of rotatable bonds is 5. The lowest BCUT2D eigenvalue weighted by Crippen LogP contribution is -2.22. The molecule has 22 heavy (non-hydrogen) atoms. The highest BCUT2D eigenvalue weighted by molar-refractivity contribution is 8.00. The van der Waals surface area contributed by atoms with Crippen molar-refractivity contribution in [1.29, 1.82) is 5.26 Å². The second kappa shape index (κ2) is 6.20. The number of carbonyl (C=O) groups is 1. The van der Waals surface area contributed by atoms with Crippen molar-refractivity contribution in [2.45, 2.75) is 36.2 Å². The molecule has 1 atom stereocenters. The van der Waals surface area contributed by atoms with Crippen molar-refractivity contribution in [3.05, 3.63) is 35.7 Å². The van der Waals surface area contributed by atoms with Gasteiger partial charge in [-0.25, -0.2) is 0 Å². The van der Waals surface area contributed by atoms with Crippen molar-refractivity contribution < 1.29 is 9.21 Å². The molecule has 0 bridgehead atoms. The average molecular weight is 314 g/mol. The van der Waals surface area contributed by atoms with Crippen LogP contribution in [0.5, 0.6) is 0 Å². The Labute approximate surface area is 131 Å². The largest absolute Gasteiger partial charge is 0.416 e. The first-order chi connectivity index (χ1) is 10.7. The first-order valence-corrected chi connectivity index (χ1v) is 7.85.